The van der Waals surface area contributed by atoms with E-state index in [1.807, 2.05) is 6.07 Å². The molecule has 2 aromatic heterocycles. The van der Waals surface area contributed by atoms with Crippen LogP contribution in [-0.2, 0) is 19.1 Å². The molecule has 0 saturated carbocycles. The standard InChI is InChI=1S/C20H21N3O5/c1-2-27-20(26)16-17(25)15(28-19(16)23-8-4-5-13(24)11-23)9-12-10-22-18-14(12)6-3-7-21-18/h3,6-7,9-10,13,24H,2,4-5,8,11H2,1H3,(H,21,22)/b15-9-. The van der Waals surface area contributed by atoms with E-state index in [9.17, 15) is 14.7 Å². The van der Waals surface area contributed by atoms with Crippen LogP contribution in [-0.4, -0.2) is 57.5 Å². The number of nitrogens with one attached hydrogen (secondary N) is 1. The molecule has 1 unspecified atom stereocenters. The predicted molar refractivity (Wildman–Crippen MR) is 101 cm³/mol. The van der Waals surface area contributed by atoms with Crippen LogP contribution in [0, 0.1) is 0 Å². The van der Waals surface area contributed by atoms with Crippen LogP contribution in [0.2, 0.25) is 0 Å². The van der Waals surface area contributed by atoms with Gasteiger partial charge in [0, 0.05) is 36.4 Å². The zero-order chi connectivity index (χ0) is 19.7. The third-order valence-electron chi connectivity index (χ3n) is 4.80. The average Bonchev–Trinajstić information content (AvgIpc) is 3.24. The molecule has 1 fully saturated rings. The van der Waals surface area contributed by atoms with Crippen molar-refractivity contribution in [3.05, 3.63) is 47.3 Å². The van der Waals surface area contributed by atoms with E-state index < -0.39 is 17.9 Å². The number of fused-ring (bicyclic) bond motifs is 1. The van der Waals surface area contributed by atoms with Crippen molar-refractivity contribution in [3.63, 3.8) is 0 Å². The summed E-state index contributed by atoms with van der Waals surface area (Å²) >= 11 is 0. The third-order valence-corrected chi connectivity index (χ3v) is 4.80. The Hall–Kier alpha value is -3.13. The first-order chi connectivity index (χ1) is 13.6. The summed E-state index contributed by atoms with van der Waals surface area (Å²) in [5, 5.41) is 10.8. The molecular formula is C20H21N3O5. The monoisotopic (exact) mass is 383 g/mol. The Kier molecular flexibility index (Phi) is 4.87. The predicted octanol–water partition coefficient (Wildman–Crippen LogP) is 1.73. The average molecular weight is 383 g/mol. The summed E-state index contributed by atoms with van der Waals surface area (Å²) in [6, 6.07) is 3.69. The fourth-order valence-electron chi connectivity index (χ4n) is 3.50. The van der Waals surface area contributed by atoms with Crippen molar-refractivity contribution in [2.75, 3.05) is 19.7 Å². The van der Waals surface area contributed by atoms with E-state index >= 15 is 0 Å². The second-order valence-corrected chi connectivity index (χ2v) is 6.73. The number of hydrogen-bond donors (Lipinski definition) is 2. The van der Waals surface area contributed by atoms with Gasteiger partial charge in [-0.1, -0.05) is 0 Å². The molecule has 1 atom stereocenters. The van der Waals surface area contributed by atoms with Crippen LogP contribution in [0.15, 0.2) is 41.7 Å². The molecule has 0 aliphatic carbocycles. The largest absolute Gasteiger partial charge is 0.462 e. The Balaban J connectivity index is 1.71. The molecule has 2 aliphatic heterocycles. The number of aromatic amines is 1. The quantitative estimate of drug-likeness (QED) is 0.471. The first-order valence-electron chi connectivity index (χ1n) is 9.29. The number of likely N-dealkylation sites (tertiary alicyclic amines) is 1. The first-order valence-corrected chi connectivity index (χ1v) is 9.29. The van der Waals surface area contributed by atoms with E-state index in [4.69, 9.17) is 9.47 Å². The summed E-state index contributed by atoms with van der Waals surface area (Å²) in [4.78, 5) is 34.4. The zero-order valence-electron chi connectivity index (χ0n) is 15.5. The number of esters is 1. The number of aromatic nitrogens is 2. The maximum atomic E-state index is 13.0. The SMILES string of the molecule is CCOC(=O)C1=C(N2CCCC(O)C2)O/C(=C\c2c[nH]c3ncccc23)C1=O. The number of H-pyrrole nitrogens is 1. The molecule has 0 bridgehead atoms. The van der Waals surface area contributed by atoms with Gasteiger partial charge in [0.05, 0.1) is 12.7 Å². The lowest BCUT2D eigenvalue weighted by Gasteiger charge is -2.31. The summed E-state index contributed by atoms with van der Waals surface area (Å²) in [5.41, 5.74) is 1.30. The molecule has 4 rings (SSSR count). The number of pyridine rings is 1. The van der Waals surface area contributed by atoms with E-state index in [-0.39, 0.29) is 23.8 Å². The van der Waals surface area contributed by atoms with Gasteiger partial charge in [0.1, 0.15) is 5.65 Å². The Morgan fingerprint density at radius 1 is 1.54 bits per heavy atom. The molecule has 28 heavy (non-hydrogen) atoms. The summed E-state index contributed by atoms with van der Waals surface area (Å²) in [7, 11) is 0. The number of rotatable bonds is 4. The van der Waals surface area contributed by atoms with Crippen LogP contribution < -0.4 is 0 Å². The lowest BCUT2D eigenvalue weighted by Crippen LogP contribution is -2.38. The van der Waals surface area contributed by atoms with Gasteiger partial charge in [0.15, 0.2) is 11.3 Å². The maximum Gasteiger partial charge on any atom is 0.347 e. The highest BCUT2D eigenvalue weighted by Crippen LogP contribution is 2.32. The topological polar surface area (TPSA) is 105 Å². The maximum absolute atomic E-state index is 13.0. The number of aliphatic hydroxyl groups is 1. The minimum Gasteiger partial charge on any atom is -0.462 e. The van der Waals surface area contributed by atoms with Gasteiger partial charge in [-0.2, -0.15) is 0 Å². The number of nitrogens with zero attached hydrogens (tertiary/aromatic N) is 2. The molecule has 2 aliphatic rings. The van der Waals surface area contributed by atoms with E-state index in [0.29, 0.717) is 25.2 Å². The summed E-state index contributed by atoms with van der Waals surface area (Å²) < 4.78 is 10.9. The number of carbonyl (C=O) groups is 2. The van der Waals surface area contributed by atoms with Gasteiger partial charge in [0.25, 0.3) is 0 Å². The molecule has 2 aromatic rings. The number of hydrogen-bond acceptors (Lipinski definition) is 7. The number of ether oxygens (including phenoxy) is 2. The fourth-order valence-corrected chi connectivity index (χ4v) is 3.50. The van der Waals surface area contributed by atoms with Gasteiger partial charge in [-0.15, -0.1) is 0 Å². The van der Waals surface area contributed by atoms with E-state index in [0.717, 1.165) is 17.4 Å². The second kappa shape index (κ2) is 7.47. The number of Topliss-reactive ketones (excluding diaryl/α,β-unsaturated/α-hetero) is 1. The molecule has 0 aromatic carbocycles. The molecular weight excluding hydrogens is 362 g/mol. The Morgan fingerprint density at radius 3 is 3.18 bits per heavy atom. The Bertz CT molecular complexity index is 991. The normalized spacial score (nSPS) is 21.5. The van der Waals surface area contributed by atoms with Crippen molar-refractivity contribution in [2.24, 2.45) is 0 Å². The minimum absolute atomic E-state index is 0.0443. The summed E-state index contributed by atoms with van der Waals surface area (Å²) in [6.07, 6.45) is 5.88. The van der Waals surface area contributed by atoms with E-state index in [2.05, 4.69) is 9.97 Å². The number of β-amino-alcohol motifs (C(OH)–C–C–N with tert-alkyl or cyclic N) is 1. The lowest BCUT2D eigenvalue weighted by atomic mass is 10.1. The Morgan fingerprint density at radius 2 is 2.39 bits per heavy atom. The van der Waals surface area contributed by atoms with Crippen LogP contribution in [0.3, 0.4) is 0 Å². The minimum atomic E-state index is -0.716. The first kappa shape index (κ1) is 18.2. The van der Waals surface area contributed by atoms with Gasteiger partial charge in [-0.25, -0.2) is 9.78 Å². The van der Waals surface area contributed by atoms with Gasteiger partial charge in [-0.3, -0.25) is 4.79 Å². The molecule has 0 radical (unpaired) electrons. The Labute approximate surface area is 161 Å². The van der Waals surface area contributed by atoms with Crippen LogP contribution in [0.5, 0.6) is 0 Å². The van der Waals surface area contributed by atoms with Crippen LogP contribution >= 0.6 is 0 Å². The van der Waals surface area contributed by atoms with Crippen molar-refractivity contribution in [1.29, 1.82) is 0 Å². The van der Waals surface area contributed by atoms with Gasteiger partial charge in [0.2, 0.25) is 11.7 Å². The van der Waals surface area contributed by atoms with E-state index in [1.165, 1.54) is 0 Å². The third kappa shape index (κ3) is 3.27. The molecule has 8 nitrogen and oxygen atoms in total. The zero-order valence-corrected chi connectivity index (χ0v) is 15.5. The van der Waals surface area contributed by atoms with Crippen molar-refractivity contribution >= 4 is 28.9 Å². The summed E-state index contributed by atoms with van der Waals surface area (Å²) in [6.45, 7) is 2.72. The van der Waals surface area contributed by atoms with Gasteiger partial charge >= 0.3 is 5.97 Å². The van der Waals surface area contributed by atoms with Gasteiger partial charge < -0.3 is 24.5 Å². The van der Waals surface area contributed by atoms with Crippen LogP contribution in [0.1, 0.15) is 25.3 Å². The molecule has 146 valence electrons. The highest BCUT2D eigenvalue weighted by molar-refractivity contribution is 6.26. The number of aliphatic hydroxyl groups excluding tert-OH is 1. The van der Waals surface area contributed by atoms with Crippen molar-refractivity contribution < 1.29 is 24.2 Å². The molecule has 1 saturated heterocycles. The second-order valence-electron chi connectivity index (χ2n) is 6.73. The number of carbonyl (C=O) groups excluding carboxylic acids is 2. The van der Waals surface area contributed by atoms with Crippen LogP contribution in [0.4, 0.5) is 0 Å². The number of allylic oxidation sites excluding steroid dienone is 1. The number of ketones is 1. The highest BCUT2D eigenvalue weighted by Gasteiger charge is 2.40. The molecule has 2 N–H and O–H groups in total. The fraction of sp³-hybridized carbons (Fsp3) is 0.350. The van der Waals surface area contributed by atoms with Gasteiger partial charge in [-0.05, 0) is 38.0 Å². The van der Waals surface area contributed by atoms with Crippen molar-refractivity contribution in [3.8, 4) is 0 Å². The summed E-state index contributed by atoms with van der Waals surface area (Å²) in [5.74, 6) is -1.03. The molecule has 0 amide bonds. The molecule has 8 heteroatoms. The van der Waals surface area contributed by atoms with Crippen molar-refractivity contribution in [1.82, 2.24) is 14.9 Å². The molecule has 0 spiro atoms. The van der Waals surface area contributed by atoms with Crippen LogP contribution in [0.25, 0.3) is 17.1 Å². The molecule has 4 heterocycles. The number of piperidine rings is 1. The highest BCUT2D eigenvalue weighted by atomic mass is 16.5. The smallest absolute Gasteiger partial charge is 0.347 e. The van der Waals surface area contributed by atoms with E-state index in [1.54, 1.807) is 36.4 Å². The van der Waals surface area contributed by atoms with Crippen molar-refractivity contribution in [2.45, 2.75) is 25.9 Å². The lowest BCUT2D eigenvalue weighted by molar-refractivity contribution is -0.139.